The first-order chi connectivity index (χ1) is 4.36. The number of nitriles is 2. The molecule has 0 aliphatic carbocycles. The van der Waals surface area contributed by atoms with Crippen LogP contribution in [0.5, 0.6) is 0 Å². The van der Waals surface area contributed by atoms with Gasteiger partial charge in [-0.1, -0.05) is 0 Å². The highest BCUT2D eigenvalue weighted by Crippen LogP contribution is 2.03. The van der Waals surface area contributed by atoms with Crippen molar-refractivity contribution in [1.29, 1.82) is 10.5 Å². The maximum absolute atomic E-state index is 8.23. The highest BCUT2D eigenvalue weighted by molar-refractivity contribution is 5.31. The Balaban J connectivity index is 3.08. The van der Waals surface area contributed by atoms with Crippen molar-refractivity contribution in [3.05, 3.63) is 23.7 Å². The second-order valence-electron chi connectivity index (χ2n) is 1.42. The second kappa shape index (κ2) is 2.02. The van der Waals surface area contributed by atoms with Crippen LogP contribution in [0.1, 0.15) is 11.3 Å². The standard InChI is InChI=1S/C6H2N2O/c7-2-5-1-6(3-8)9-4-5/h1,4H. The largest absolute Gasteiger partial charge is 0.452 e. The van der Waals surface area contributed by atoms with Gasteiger partial charge in [-0.05, 0) is 0 Å². The zero-order chi connectivity index (χ0) is 6.69. The Morgan fingerprint density at radius 1 is 1.33 bits per heavy atom. The Morgan fingerprint density at radius 2 is 2.11 bits per heavy atom. The molecule has 0 saturated carbocycles. The van der Waals surface area contributed by atoms with Crippen LogP contribution in [-0.4, -0.2) is 0 Å². The zero-order valence-corrected chi connectivity index (χ0v) is 4.46. The third-order valence-corrected chi connectivity index (χ3v) is 0.839. The Bertz CT molecular complexity index is 258. The molecule has 0 aliphatic rings. The van der Waals surface area contributed by atoms with Gasteiger partial charge in [-0.2, -0.15) is 10.5 Å². The van der Waals surface area contributed by atoms with Crippen molar-refractivity contribution >= 4 is 0 Å². The van der Waals surface area contributed by atoms with Crippen LogP contribution in [0.2, 0.25) is 0 Å². The molecule has 0 saturated heterocycles. The molecule has 0 N–H and O–H groups in total. The molecule has 1 rings (SSSR count). The van der Waals surface area contributed by atoms with Crippen molar-refractivity contribution in [2.45, 2.75) is 0 Å². The summed E-state index contributed by atoms with van der Waals surface area (Å²) in [5.41, 5.74) is 0.381. The highest BCUT2D eigenvalue weighted by Gasteiger charge is 1.96. The summed E-state index contributed by atoms with van der Waals surface area (Å²) in [5, 5.41) is 16.4. The van der Waals surface area contributed by atoms with E-state index in [1.54, 1.807) is 6.07 Å². The predicted molar refractivity (Wildman–Crippen MR) is 28.1 cm³/mol. The summed E-state index contributed by atoms with van der Waals surface area (Å²) in [4.78, 5) is 0. The van der Waals surface area contributed by atoms with Gasteiger partial charge in [0.25, 0.3) is 0 Å². The van der Waals surface area contributed by atoms with E-state index in [9.17, 15) is 0 Å². The van der Waals surface area contributed by atoms with Gasteiger partial charge in [0.2, 0.25) is 5.76 Å². The van der Waals surface area contributed by atoms with Gasteiger partial charge in [-0.3, -0.25) is 0 Å². The van der Waals surface area contributed by atoms with Gasteiger partial charge < -0.3 is 4.42 Å². The van der Waals surface area contributed by atoms with Gasteiger partial charge in [-0.15, -0.1) is 0 Å². The molecule has 1 aromatic heterocycles. The van der Waals surface area contributed by atoms with Crippen molar-refractivity contribution in [1.82, 2.24) is 0 Å². The Kier molecular flexibility index (Phi) is 1.21. The molecule has 1 aromatic rings. The van der Waals surface area contributed by atoms with Gasteiger partial charge in [0.05, 0.1) is 5.56 Å². The Labute approximate surface area is 51.7 Å². The molecule has 1 heterocycles. The molecule has 0 aliphatic heterocycles. The van der Waals surface area contributed by atoms with E-state index in [2.05, 4.69) is 4.42 Å². The fourth-order valence-electron chi connectivity index (χ4n) is 0.453. The van der Waals surface area contributed by atoms with Crippen LogP contribution < -0.4 is 0 Å². The van der Waals surface area contributed by atoms with E-state index in [0.29, 0.717) is 5.56 Å². The molecule has 0 atom stereocenters. The average molecular weight is 118 g/mol. The maximum atomic E-state index is 8.23. The summed E-state index contributed by atoms with van der Waals surface area (Å²) in [6.45, 7) is 0. The minimum Gasteiger partial charge on any atom is -0.452 e. The van der Waals surface area contributed by atoms with Crippen LogP contribution in [0.25, 0.3) is 0 Å². The smallest absolute Gasteiger partial charge is 0.204 e. The van der Waals surface area contributed by atoms with E-state index in [0.717, 1.165) is 0 Å². The third kappa shape index (κ3) is 0.896. The van der Waals surface area contributed by atoms with Crippen molar-refractivity contribution in [3.63, 3.8) is 0 Å². The molecule has 9 heavy (non-hydrogen) atoms. The van der Waals surface area contributed by atoms with Crippen molar-refractivity contribution < 1.29 is 4.42 Å². The molecule has 0 unspecified atom stereocenters. The van der Waals surface area contributed by atoms with E-state index in [1.165, 1.54) is 12.3 Å². The molecule has 0 fully saturated rings. The van der Waals surface area contributed by atoms with E-state index in [4.69, 9.17) is 10.5 Å². The van der Waals surface area contributed by atoms with E-state index < -0.39 is 0 Å². The minimum atomic E-state index is 0.173. The lowest BCUT2D eigenvalue weighted by molar-refractivity contribution is 0.552. The lowest BCUT2D eigenvalue weighted by Gasteiger charge is -1.65. The predicted octanol–water partition coefficient (Wildman–Crippen LogP) is 1.02. The van der Waals surface area contributed by atoms with Crippen LogP contribution in [0, 0.1) is 22.7 Å². The van der Waals surface area contributed by atoms with E-state index >= 15 is 0 Å². The van der Waals surface area contributed by atoms with Gasteiger partial charge in [0.15, 0.2) is 0 Å². The van der Waals surface area contributed by atoms with Crippen molar-refractivity contribution in [2.75, 3.05) is 0 Å². The first kappa shape index (κ1) is 5.40. The summed E-state index contributed by atoms with van der Waals surface area (Å²) in [5.74, 6) is 0.173. The normalized spacial score (nSPS) is 7.78. The Morgan fingerprint density at radius 3 is 2.44 bits per heavy atom. The van der Waals surface area contributed by atoms with Crippen molar-refractivity contribution in [2.24, 2.45) is 0 Å². The molecule has 42 valence electrons. The topological polar surface area (TPSA) is 60.7 Å². The first-order valence-electron chi connectivity index (χ1n) is 2.25. The quantitative estimate of drug-likeness (QED) is 0.511. The molecule has 0 spiro atoms. The zero-order valence-electron chi connectivity index (χ0n) is 4.46. The average Bonchev–Trinajstić information content (AvgIpc) is 2.34. The molecule has 0 bridgehead atoms. The molecular weight excluding hydrogens is 116 g/mol. The lowest BCUT2D eigenvalue weighted by Crippen LogP contribution is -1.60. The summed E-state index contributed by atoms with van der Waals surface area (Å²) in [6, 6.07) is 4.99. The number of hydrogen-bond donors (Lipinski definition) is 0. The number of rotatable bonds is 0. The number of furan rings is 1. The van der Waals surface area contributed by atoms with Crippen LogP contribution >= 0.6 is 0 Å². The SMILES string of the molecule is N#Cc1coc(C#N)c1. The van der Waals surface area contributed by atoms with Gasteiger partial charge in [-0.25, -0.2) is 0 Å². The minimum absolute atomic E-state index is 0.173. The monoisotopic (exact) mass is 118 g/mol. The molecule has 0 radical (unpaired) electrons. The third-order valence-electron chi connectivity index (χ3n) is 0.839. The van der Waals surface area contributed by atoms with E-state index in [-0.39, 0.29) is 5.76 Å². The summed E-state index contributed by atoms with van der Waals surface area (Å²) < 4.78 is 4.62. The van der Waals surface area contributed by atoms with Crippen molar-refractivity contribution in [3.8, 4) is 12.1 Å². The van der Waals surface area contributed by atoms with E-state index in [1.807, 2.05) is 6.07 Å². The first-order valence-corrected chi connectivity index (χ1v) is 2.25. The van der Waals surface area contributed by atoms with Crippen LogP contribution in [0.15, 0.2) is 16.7 Å². The molecule has 3 nitrogen and oxygen atoms in total. The molecule has 0 aromatic carbocycles. The number of hydrogen-bond acceptors (Lipinski definition) is 3. The van der Waals surface area contributed by atoms with Gasteiger partial charge in [0.1, 0.15) is 18.4 Å². The lowest BCUT2D eigenvalue weighted by atomic mass is 10.3. The Hall–Kier alpha value is -1.74. The highest BCUT2D eigenvalue weighted by atomic mass is 16.3. The number of nitrogens with zero attached hydrogens (tertiary/aromatic N) is 2. The van der Waals surface area contributed by atoms with Gasteiger partial charge in [0, 0.05) is 6.07 Å². The summed E-state index contributed by atoms with van der Waals surface area (Å²) >= 11 is 0. The summed E-state index contributed by atoms with van der Waals surface area (Å²) in [7, 11) is 0. The second-order valence-corrected chi connectivity index (χ2v) is 1.42. The van der Waals surface area contributed by atoms with Crippen LogP contribution in [0.4, 0.5) is 0 Å². The molecule has 3 heteroatoms. The summed E-state index contributed by atoms with van der Waals surface area (Å²) in [6.07, 6.45) is 1.25. The fraction of sp³-hybridized carbons (Fsp3) is 0. The van der Waals surface area contributed by atoms with Crippen LogP contribution in [-0.2, 0) is 0 Å². The fourth-order valence-corrected chi connectivity index (χ4v) is 0.453. The molecule has 0 amide bonds. The molecular formula is C6H2N2O. The van der Waals surface area contributed by atoms with Crippen LogP contribution in [0.3, 0.4) is 0 Å². The van der Waals surface area contributed by atoms with Gasteiger partial charge >= 0.3 is 0 Å². The maximum Gasteiger partial charge on any atom is 0.204 e.